The molecule has 2 saturated heterocycles. The monoisotopic (exact) mass is 1250 g/mol. The number of unbranched alkanes of at least 4 members (excludes halogenated alkanes) is 4. The number of nitrogens with zero attached hydrogens (tertiary/aromatic N) is 5. The fourth-order valence-corrected chi connectivity index (χ4v) is 12.7. The minimum Gasteiger partial charge on any atom is -0.497 e. The summed E-state index contributed by atoms with van der Waals surface area (Å²) in [6.07, 6.45) is 8.24. The maximum absolute atomic E-state index is 13.7. The summed E-state index contributed by atoms with van der Waals surface area (Å²) in [5.41, 5.74) is 16.7. The number of carbonyl (C=O) groups excluding carboxylic acids is 3. The lowest BCUT2D eigenvalue weighted by Gasteiger charge is -2.26. The molecule has 5 heterocycles. The van der Waals surface area contributed by atoms with E-state index >= 15 is 0 Å². The molecule has 472 valence electrons. The van der Waals surface area contributed by atoms with Crippen molar-refractivity contribution in [2.75, 3.05) is 91.8 Å². The van der Waals surface area contributed by atoms with Crippen molar-refractivity contribution < 1.29 is 38.1 Å². The summed E-state index contributed by atoms with van der Waals surface area (Å²) in [7, 11) is 1.65. The number of rotatable bonds is 21. The number of nitrogen functional groups attached to an aromatic ring is 1. The Morgan fingerprint density at radius 1 is 0.600 bits per heavy atom. The second-order valence-corrected chi connectivity index (χ2v) is 24.1. The second kappa shape index (κ2) is 31.4. The number of hydrogen-bond donors (Lipinski definition) is 1. The molecule has 16 heteroatoms. The van der Waals surface area contributed by atoms with E-state index in [2.05, 4.69) is 54.8 Å². The number of para-hydroxylation sites is 1. The molecular weight excluding hydrogens is 1170 g/mol. The fraction of sp³-hybridized carbons (Fsp3) is 0.365. The summed E-state index contributed by atoms with van der Waals surface area (Å²) in [6, 6.07) is 44.8. The first-order valence-corrected chi connectivity index (χ1v) is 32.6. The highest BCUT2D eigenvalue weighted by Gasteiger charge is 2.32. The first kappa shape index (κ1) is 65.3. The first-order chi connectivity index (χ1) is 43.9. The molecule has 2 N–H and O–H groups in total. The maximum Gasteiger partial charge on any atom is 0.264 e. The zero-order valence-corrected chi connectivity index (χ0v) is 54.2. The van der Waals surface area contributed by atoms with Gasteiger partial charge in [-0.15, -0.1) is 0 Å². The van der Waals surface area contributed by atoms with Crippen molar-refractivity contribution in [1.29, 1.82) is 0 Å². The Morgan fingerprint density at radius 3 is 1.92 bits per heavy atom. The molecule has 0 spiro atoms. The van der Waals surface area contributed by atoms with Crippen molar-refractivity contribution in [2.24, 2.45) is 0 Å². The minimum absolute atomic E-state index is 0.0312. The van der Waals surface area contributed by atoms with Crippen molar-refractivity contribution >= 4 is 79.2 Å². The molecule has 3 aliphatic heterocycles. The molecule has 1 amide bonds. The van der Waals surface area contributed by atoms with Crippen LogP contribution in [0.25, 0.3) is 32.6 Å². The normalized spacial score (nSPS) is 14.3. The van der Waals surface area contributed by atoms with E-state index in [4.69, 9.17) is 52.6 Å². The lowest BCUT2D eigenvalue weighted by Crippen LogP contribution is -2.37. The van der Waals surface area contributed by atoms with Crippen molar-refractivity contribution in [3.05, 3.63) is 200 Å². The summed E-state index contributed by atoms with van der Waals surface area (Å²) < 4.78 is 32.3. The van der Waals surface area contributed by atoms with Crippen LogP contribution in [0.2, 0.25) is 10.0 Å². The van der Waals surface area contributed by atoms with Crippen LogP contribution < -0.4 is 19.9 Å². The molecule has 0 radical (unpaired) electrons. The molecule has 9 aromatic rings. The van der Waals surface area contributed by atoms with E-state index < -0.39 is 0 Å². The molecule has 3 aliphatic rings. The van der Waals surface area contributed by atoms with Gasteiger partial charge < -0.3 is 34.3 Å². The molecule has 90 heavy (non-hydrogen) atoms. The highest BCUT2D eigenvalue weighted by molar-refractivity contribution is 6.44. The van der Waals surface area contributed by atoms with Gasteiger partial charge in [0.1, 0.15) is 5.75 Å². The van der Waals surface area contributed by atoms with Crippen LogP contribution in [0.4, 0.5) is 5.69 Å². The topological polar surface area (TPSA) is 143 Å². The van der Waals surface area contributed by atoms with E-state index in [0.717, 1.165) is 206 Å². The van der Waals surface area contributed by atoms with Gasteiger partial charge in [0, 0.05) is 90.4 Å². The Bertz CT molecular complexity index is 3940. The predicted molar refractivity (Wildman–Crippen MR) is 363 cm³/mol. The van der Waals surface area contributed by atoms with Crippen molar-refractivity contribution in [2.45, 2.75) is 92.2 Å². The number of aromatic nitrogens is 2. The molecular formula is C74H84Cl2N6O8. The molecule has 7 aromatic carbocycles. The van der Waals surface area contributed by atoms with Crippen LogP contribution in [0.5, 0.6) is 17.2 Å². The van der Waals surface area contributed by atoms with Crippen LogP contribution >= 0.6 is 23.2 Å². The van der Waals surface area contributed by atoms with E-state index in [-0.39, 0.29) is 22.7 Å². The molecule has 0 aliphatic carbocycles. The van der Waals surface area contributed by atoms with Gasteiger partial charge in [-0.05, 0) is 134 Å². The molecule has 2 aromatic heterocycles. The van der Waals surface area contributed by atoms with Crippen LogP contribution in [0.3, 0.4) is 0 Å². The average molecular weight is 1260 g/mol. The number of benzene rings is 7. The van der Waals surface area contributed by atoms with Crippen LogP contribution in [-0.4, -0.2) is 128 Å². The number of anilines is 1. The summed E-state index contributed by atoms with van der Waals surface area (Å²) in [5, 5.41) is 4.89. The smallest absolute Gasteiger partial charge is 0.264 e. The number of hydrogen-bond acceptors (Lipinski definition) is 11. The molecule has 0 unspecified atom stereocenters. The standard InChI is InChI=1S/C26H36N2O3.C25H24N2O2.C23H24Cl2N2O3/c1-3-5-7-17-30-24-14-13-22-23(25(24)31-18-8-6-4-2)19-28(26(22)29)16-15-20-9-11-21(27)12-10-20;1-18-23(17-26-13-15-29-16-14-26)21-10-4-5-12-24(21)27(18)25(28)22-11-6-8-19-7-2-3-9-20(19)22;1-15-17(8-9-26-10-12-30-13-11-26)19-14-16(29-2)6-7-21(19)27(15)23(28)18-4-3-5-20(24)22(18)25/h9-14H,3-8,15-19,27H2,1-2H3;2-12H,13-17H2,1H3;3-7,14H,8-13H2,1-2H3. The Kier molecular flexibility index (Phi) is 22.7. The third kappa shape index (κ3) is 15.2. The molecule has 0 atom stereocenters. The van der Waals surface area contributed by atoms with Crippen LogP contribution in [0.1, 0.15) is 117 Å². The number of nitrogens with two attached hydrogens (primary N) is 1. The van der Waals surface area contributed by atoms with Crippen molar-refractivity contribution in [3.8, 4) is 17.2 Å². The van der Waals surface area contributed by atoms with Crippen molar-refractivity contribution in [1.82, 2.24) is 23.8 Å². The van der Waals surface area contributed by atoms with E-state index in [1.54, 1.807) is 29.9 Å². The van der Waals surface area contributed by atoms with Gasteiger partial charge in [0.2, 0.25) is 0 Å². The van der Waals surface area contributed by atoms with E-state index in [9.17, 15) is 14.4 Å². The van der Waals surface area contributed by atoms with Crippen LogP contribution in [0, 0.1) is 13.8 Å². The van der Waals surface area contributed by atoms with Gasteiger partial charge in [-0.2, -0.15) is 0 Å². The van der Waals surface area contributed by atoms with E-state index in [1.165, 1.54) is 11.1 Å². The summed E-state index contributed by atoms with van der Waals surface area (Å²) in [4.78, 5) is 46.9. The molecule has 14 nitrogen and oxygen atoms in total. The lowest BCUT2D eigenvalue weighted by molar-refractivity contribution is 0.0342. The van der Waals surface area contributed by atoms with Gasteiger partial charge >= 0.3 is 0 Å². The summed E-state index contributed by atoms with van der Waals surface area (Å²) >= 11 is 12.5. The summed E-state index contributed by atoms with van der Waals surface area (Å²) in [6.45, 7) is 19.5. The highest BCUT2D eigenvalue weighted by Crippen LogP contribution is 2.40. The molecule has 0 bridgehead atoms. The Hall–Kier alpha value is -7.69. The summed E-state index contributed by atoms with van der Waals surface area (Å²) in [5.74, 6) is 2.20. The Balaban J connectivity index is 0.000000149. The molecule has 0 saturated carbocycles. The maximum atomic E-state index is 13.7. The largest absolute Gasteiger partial charge is 0.497 e. The van der Waals surface area contributed by atoms with Gasteiger partial charge in [-0.25, -0.2) is 0 Å². The molecule has 2 fully saturated rings. The van der Waals surface area contributed by atoms with E-state index in [1.807, 2.05) is 113 Å². The highest BCUT2D eigenvalue weighted by atomic mass is 35.5. The van der Waals surface area contributed by atoms with Gasteiger partial charge in [-0.1, -0.05) is 136 Å². The quantitative estimate of drug-likeness (QED) is 0.0542. The number of morpholine rings is 2. The lowest BCUT2D eigenvalue weighted by atomic mass is 10.0. The third-order valence-electron chi connectivity index (χ3n) is 17.4. The van der Waals surface area contributed by atoms with Crippen LogP contribution in [0.15, 0.2) is 140 Å². The SMILES string of the molecule is CCCCCOc1ccc2c(c1OCCCCC)CN(CCc1ccc(N)cc1)C2=O.COc1ccc2c(c1)c(CCN1CCOCC1)c(C)n2C(=O)c1cccc(Cl)c1Cl.Cc1c(CN2CCOCC2)c2ccccc2n1C(=O)c1cccc2ccccc12. The van der Waals surface area contributed by atoms with Crippen molar-refractivity contribution in [3.63, 3.8) is 0 Å². The number of amides is 1. The zero-order chi connectivity index (χ0) is 63.1. The minimum atomic E-state index is -0.187. The molecule has 12 rings (SSSR count). The predicted octanol–water partition coefficient (Wildman–Crippen LogP) is 15.1. The average Bonchev–Trinajstić information content (AvgIpc) is 1.77. The fourth-order valence-electron chi connectivity index (χ4n) is 12.3. The number of carbonyl (C=O) groups is 3. The van der Waals surface area contributed by atoms with Gasteiger partial charge in [0.05, 0.1) is 79.9 Å². The third-order valence-corrected chi connectivity index (χ3v) is 18.2. The zero-order valence-electron chi connectivity index (χ0n) is 52.7. The number of ether oxygens (including phenoxy) is 5. The number of methoxy groups -OCH3 is 1. The van der Waals surface area contributed by atoms with E-state index in [0.29, 0.717) is 36.9 Å². The first-order valence-electron chi connectivity index (χ1n) is 31.8. The number of fused-ring (bicyclic) bond motifs is 4. The second-order valence-electron chi connectivity index (χ2n) is 23.3. The number of halogens is 2. The van der Waals surface area contributed by atoms with Gasteiger partial charge in [-0.3, -0.25) is 33.3 Å². The van der Waals surface area contributed by atoms with Gasteiger partial charge in [0.25, 0.3) is 17.7 Å². The Labute approximate surface area is 539 Å². The van der Waals surface area contributed by atoms with Crippen LogP contribution in [-0.2, 0) is 35.4 Å². The Morgan fingerprint density at radius 2 is 1.21 bits per heavy atom. The van der Waals surface area contributed by atoms with Gasteiger partial charge in [0.15, 0.2) is 11.5 Å².